The average molecular weight is 470 g/mol. The normalized spacial score (nSPS) is 14.7. The van der Waals surface area contributed by atoms with Crippen LogP contribution < -0.4 is 4.90 Å². The number of thiazole rings is 1. The molecule has 1 aliphatic heterocycles. The minimum Gasteiger partial charge on any atom is -0.379 e. The van der Waals surface area contributed by atoms with Crippen LogP contribution >= 0.6 is 23.1 Å². The van der Waals surface area contributed by atoms with E-state index in [2.05, 4.69) is 54.3 Å². The van der Waals surface area contributed by atoms with Gasteiger partial charge >= 0.3 is 0 Å². The van der Waals surface area contributed by atoms with Crippen LogP contribution in [0.3, 0.4) is 0 Å². The summed E-state index contributed by atoms with van der Waals surface area (Å²) in [6, 6.07) is 16.6. The van der Waals surface area contributed by atoms with Crippen molar-refractivity contribution < 1.29 is 9.53 Å². The van der Waals surface area contributed by atoms with E-state index in [1.54, 1.807) is 11.3 Å². The van der Waals surface area contributed by atoms with Crippen LogP contribution in [-0.2, 0) is 9.53 Å². The molecular formula is C25H31N3O2S2. The van der Waals surface area contributed by atoms with Gasteiger partial charge in [-0.2, -0.15) is 0 Å². The van der Waals surface area contributed by atoms with Crippen LogP contribution in [0.1, 0.15) is 24.8 Å². The van der Waals surface area contributed by atoms with Gasteiger partial charge in [-0.05, 0) is 49.3 Å². The number of benzene rings is 2. The summed E-state index contributed by atoms with van der Waals surface area (Å²) in [5.74, 6) is 1.12. The van der Waals surface area contributed by atoms with Crippen LogP contribution in [0.15, 0.2) is 53.4 Å². The van der Waals surface area contributed by atoms with Gasteiger partial charge in [-0.15, -0.1) is 11.8 Å². The Morgan fingerprint density at radius 3 is 2.72 bits per heavy atom. The van der Waals surface area contributed by atoms with Crippen molar-refractivity contribution in [1.82, 2.24) is 9.88 Å². The Labute approximate surface area is 198 Å². The molecule has 1 fully saturated rings. The lowest BCUT2D eigenvalue weighted by Gasteiger charge is -2.27. The third kappa shape index (κ3) is 6.32. The standard InChI is InChI=1S/C25H31N3O2S2/c1-20-8-5-11-22-24(20)26-25(32-22)28(14-7-13-27-15-17-30-18-16-27)23(29)12-6-19-31-21-9-3-2-4-10-21/h2-5,8-11H,6-7,12-19H2,1H3. The molecule has 2 heterocycles. The zero-order valence-corrected chi connectivity index (χ0v) is 20.3. The van der Waals surface area contributed by atoms with E-state index in [1.807, 2.05) is 22.7 Å². The van der Waals surface area contributed by atoms with Crippen LogP contribution in [-0.4, -0.2) is 60.9 Å². The van der Waals surface area contributed by atoms with Crippen molar-refractivity contribution in [3.05, 3.63) is 54.1 Å². The first-order valence-corrected chi connectivity index (χ1v) is 13.2. The number of thioether (sulfide) groups is 1. The number of morpholine rings is 1. The lowest BCUT2D eigenvalue weighted by Crippen LogP contribution is -2.39. The Morgan fingerprint density at radius 1 is 1.12 bits per heavy atom. The van der Waals surface area contributed by atoms with Crippen molar-refractivity contribution in [1.29, 1.82) is 0 Å². The maximum absolute atomic E-state index is 13.2. The SMILES string of the molecule is Cc1cccc2sc(N(CCCN3CCOCC3)C(=O)CCCSc3ccccc3)nc12. The van der Waals surface area contributed by atoms with Crippen molar-refractivity contribution in [3.63, 3.8) is 0 Å². The van der Waals surface area contributed by atoms with Gasteiger partial charge in [-0.3, -0.25) is 14.6 Å². The minimum absolute atomic E-state index is 0.178. The largest absolute Gasteiger partial charge is 0.379 e. The maximum atomic E-state index is 13.2. The number of rotatable bonds is 10. The molecule has 3 aromatic rings. The van der Waals surface area contributed by atoms with Crippen LogP contribution in [0.25, 0.3) is 10.2 Å². The molecule has 1 aliphatic rings. The molecule has 1 aromatic heterocycles. The molecule has 1 saturated heterocycles. The second-order valence-electron chi connectivity index (χ2n) is 8.04. The predicted octanol–water partition coefficient (Wildman–Crippen LogP) is 5.23. The quantitative estimate of drug-likeness (QED) is 0.300. The number of para-hydroxylation sites is 1. The Kier molecular flexibility index (Phi) is 8.56. The number of aryl methyl sites for hydroxylation is 1. The first-order valence-electron chi connectivity index (χ1n) is 11.4. The van der Waals surface area contributed by atoms with Crippen LogP contribution in [0.4, 0.5) is 5.13 Å². The molecule has 0 N–H and O–H groups in total. The van der Waals surface area contributed by atoms with Gasteiger partial charge < -0.3 is 4.74 Å². The summed E-state index contributed by atoms with van der Waals surface area (Å²) in [7, 11) is 0. The first kappa shape index (κ1) is 23.2. The minimum atomic E-state index is 0.178. The summed E-state index contributed by atoms with van der Waals surface area (Å²) in [4.78, 5) is 23.7. The van der Waals surface area contributed by atoms with Gasteiger partial charge in [-0.1, -0.05) is 41.7 Å². The van der Waals surface area contributed by atoms with Crippen LogP contribution in [0.2, 0.25) is 0 Å². The fraction of sp³-hybridized carbons (Fsp3) is 0.440. The monoisotopic (exact) mass is 469 g/mol. The van der Waals surface area contributed by atoms with E-state index in [9.17, 15) is 4.79 Å². The zero-order valence-electron chi connectivity index (χ0n) is 18.7. The Hall–Kier alpha value is -1.93. The fourth-order valence-electron chi connectivity index (χ4n) is 3.86. The number of ether oxygens (including phenoxy) is 1. The number of hydrogen-bond donors (Lipinski definition) is 0. The van der Waals surface area contributed by atoms with E-state index < -0.39 is 0 Å². The average Bonchev–Trinajstić information content (AvgIpc) is 3.26. The van der Waals surface area contributed by atoms with Gasteiger partial charge in [0.25, 0.3) is 0 Å². The molecule has 4 rings (SSSR count). The third-order valence-corrected chi connectivity index (χ3v) is 7.79. The van der Waals surface area contributed by atoms with Gasteiger partial charge in [-0.25, -0.2) is 4.98 Å². The molecule has 32 heavy (non-hydrogen) atoms. The number of carbonyl (C=O) groups is 1. The van der Waals surface area contributed by atoms with Crippen LogP contribution in [0.5, 0.6) is 0 Å². The van der Waals surface area contributed by atoms with E-state index in [0.29, 0.717) is 13.0 Å². The number of hydrogen-bond acceptors (Lipinski definition) is 6. The van der Waals surface area contributed by atoms with Gasteiger partial charge in [0.2, 0.25) is 5.91 Å². The molecule has 170 valence electrons. The topological polar surface area (TPSA) is 45.7 Å². The molecule has 1 amide bonds. The third-order valence-electron chi connectivity index (χ3n) is 5.65. The Balaban J connectivity index is 1.38. The van der Waals surface area contributed by atoms with Crippen LogP contribution in [0, 0.1) is 6.92 Å². The molecule has 0 aliphatic carbocycles. The highest BCUT2D eigenvalue weighted by molar-refractivity contribution is 7.99. The highest BCUT2D eigenvalue weighted by atomic mass is 32.2. The molecule has 5 nitrogen and oxygen atoms in total. The summed E-state index contributed by atoms with van der Waals surface area (Å²) in [6.45, 7) is 7.34. The Bertz CT molecular complexity index is 1000. The maximum Gasteiger partial charge on any atom is 0.228 e. The molecule has 0 radical (unpaired) electrons. The number of fused-ring (bicyclic) bond motifs is 1. The van der Waals surface area contributed by atoms with E-state index in [4.69, 9.17) is 9.72 Å². The van der Waals surface area contributed by atoms with Gasteiger partial charge in [0, 0.05) is 37.5 Å². The summed E-state index contributed by atoms with van der Waals surface area (Å²) >= 11 is 3.44. The van der Waals surface area contributed by atoms with Crippen molar-refractivity contribution in [2.24, 2.45) is 0 Å². The highest BCUT2D eigenvalue weighted by Crippen LogP contribution is 2.31. The predicted molar refractivity (Wildman–Crippen MR) is 135 cm³/mol. The second kappa shape index (κ2) is 11.8. The molecule has 0 spiro atoms. The van der Waals surface area contributed by atoms with E-state index in [-0.39, 0.29) is 5.91 Å². The van der Waals surface area contributed by atoms with E-state index in [1.165, 1.54) is 4.90 Å². The number of anilines is 1. The van der Waals surface area contributed by atoms with Crippen molar-refractivity contribution in [2.45, 2.75) is 31.1 Å². The number of nitrogens with zero attached hydrogens (tertiary/aromatic N) is 3. The van der Waals surface area contributed by atoms with Gasteiger partial charge in [0.1, 0.15) is 0 Å². The first-order chi connectivity index (χ1) is 15.7. The highest BCUT2D eigenvalue weighted by Gasteiger charge is 2.20. The summed E-state index contributed by atoms with van der Waals surface area (Å²) < 4.78 is 6.59. The summed E-state index contributed by atoms with van der Waals surface area (Å²) in [6.07, 6.45) is 2.36. The Morgan fingerprint density at radius 2 is 1.94 bits per heavy atom. The van der Waals surface area contributed by atoms with E-state index >= 15 is 0 Å². The molecule has 0 saturated carbocycles. The fourth-order valence-corrected chi connectivity index (χ4v) is 5.82. The molecule has 2 aromatic carbocycles. The summed E-state index contributed by atoms with van der Waals surface area (Å²) in [5, 5.41) is 0.831. The van der Waals surface area contributed by atoms with Crippen molar-refractivity contribution in [3.8, 4) is 0 Å². The smallest absolute Gasteiger partial charge is 0.228 e. The van der Waals surface area contributed by atoms with Crippen molar-refractivity contribution in [2.75, 3.05) is 50.0 Å². The number of aromatic nitrogens is 1. The molecule has 0 unspecified atom stereocenters. The summed E-state index contributed by atoms with van der Waals surface area (Å²) in [5.41, 5.74) is 2.17. The zero-order chi connectivity index (χ0) is 22.2. The molecule has 0 bridgehead atoms. The number of carbonyl (C=O) groups excluding carboxylic acids is 1. The lowest BCUT2D eigenvalue weighted by atomic mass is 10.2. The lowest BCUT2D eigenvalue weighted by molar-refractivity contribution is -0.118. The second-order valence-corrected chi connectivity index (χ2v) is 10.2. The molecule has 0 atom stereocenters. The van der Waals surface area contributed by atoms with Gasteiger partial charge in [0.05, 0.1) is 23.4 Å². The van der Waals surface area contributed by atoms with E-state index in [0.717, 1.165) is 72.4 Å². The van der Waals surface area contributed by atoms with Crippen molar-refractivity contribution >= 4 is 44.4 Å². The molecule has 7 heteroatoms. The number of amides is 1. The molecular weight excluding hydrogens is 438 g/mol. The van der Waals surface area contributed by atoms with Gasteiger partial charge in [0.15, 0.2) is 5.13 Å².